The van der Waals surface area contributed by atoms with Crippen molar-refractivity contribution in [3.63, 3.8) is 0 Å². The van der Waals surface area contributed by atoms with Crippen molar-refractivity contribution in [1.82, 2.24) is 0 Å². The molecule has 1 heterocycles. The summed E-state index contributed by atoms with van der Waals surface area (Å²) in [5, 5.41) is 13.7. The van der Waals surface area contributed by atoms with Crippen LogP contribution in [0.25, 0.3) is 0 Å². The number of anilines is 2. The van der Waals surface area contributed by atoms with Crippen LogP contribution in [0.4, 0.5) is 17.1 Å². The molecule has 9 heteroatoms. The van der Waals surface area contributed by atoms with Crippen LogP contribution in [0.15, 0.2) is 66.7 Å². The Labute approximate surface area is 196 Å². The molecule has 1 aliphatic rings. The van der Waals surface area contributed by atoms with Gasteiger partial charge in [-0.1, -0.05) is 23.8 Å². The van der Waals surface area contributed by atoms with Gasteiger partial charge in [-0.2, -0.15) is 0 Å². The molecule has 3 aromatic carbocycles. The van der Waals surface area contributed by atoms with E-state index in [4.69, 9.17) is 9.47 Å². The molecule has 0 aliphatic carbocycles. The Balaban J connectivity index is 1.39. The number of hydrogen-bond acceptors (Lipinski definition) is 6. The number of rotatable bonds is 8. The Kier molecular flexibility index (Phi) is 6.72. The Morgan fingerprint density at radius 1 is 1.15 bits per heavy atom. The molecule has 34 heavy (non-hydrogen) atoms. The van der Waals surface area contributed by atoms with Crippen molar-refractivity contribution in [3.05, 3.63) is 88.0 Å². The molecule has 4 rings (SSSR count). The Morgan fingerprint density at radius 2 is 1.94 bits per heavy atom. The topological polar surface area (TPSA) is 111 Å². The predicted molar refractivity (Wildman–Crippen MR) is 127 cm³/mol. The zero-order valence-electron chi connectivity index (χ0n) is 18.5. The van der Waals surface area contributed by atoms with Crippen LogP contribution in [0.5, 0.6) is 11.5 Å². The molecule has 174 valence electrons. The number of benzene rings is 3. The Bertz CT molecular complexity index is 1230. The number of carbonyl (C=O) groups is 2. The summed E-state index contributed by atoms with van der Waals surface area (Å²) in [6, 6.07) is 18.3. The third kappa shape index (κ3) is 5.32. The summed E-state index contributed by atoms with van der Waals surface area (Å²) in [6.07, 6.45) is 0.629. The fourth-order valence-electron chi connectivity index (χ4n) is 3.54. The molecule has 3 aromatic rings. The van der Waals surface area contributed by atoms with Gasteiger partial charge in [-0.15, -0.1) is 0 Å². The van der Waals surface area contributed by atoms with Gasteiger partial charge in [0.2, 0.25) is 0 Å². The van der Waals surface area contributed by atoms with E-state index < -0.39 is 10.8 Å². The first kappa shape index (κ1) is 22.8. The molecule has 0 radical (unpaired) electrons. The second kappa shape index (κ2) is 10.0. The van der Waals surface area contributed by atoms with E-state index in [1.807, 2.05) is 31.2 Å². The summed E-state index contributed by atoms with van der Waals surface area (Å²) in [6.45, 7) is 2.82. The molecule has 2 amide bonds. The number of amides is 2. The van der Waals surface area contributed by atoms with Crippen LogP contribution in [0.3, 0.4) is 0 Å². The highest BCUT2D eigenvalue weighted by Crippen LogP contribution is 2.35. The number of nitrogens with zero attached hydrogens (tertiary/aromatic N) is 2. The van der Waals surface area contributed by atoms with Crippen LogP contribution < -0.4 is 19.7 Å². The van der Waals surface area contributed by atoms with Gasteiger partial charge >= 0.3 is 0 Å². The number of nitrogens with one attached hydrogen (secondary N) is 1. The van der Waals surface area contributed by atoms with Gasteiger partial charge in [-0.3, -0.25) is 19.7 Å². The maximum atomic E-state index is 12.5. The van der Waals surface area contributed by atoms with Crippen molar-refractivity contribution in [3.8, 4) is 11.5 Å². The van der Waals surface area contributed by atoms with Gasteiger partial charge in [0.1, 0.15) is 11.5 Å². The molecule has 0 saturated heterocycles. The van der Waals surface area contributed by atoms with E-state index in [-0.39, 0.29) is 23.8 Å². The van der Waals surface area contributed by atoms with Crippen LogP contribution in [0, 0.1) is 17.0 Å². The molecule has 9 nitrogen and oxygen atoms in total. The van der Waals surface area contributed by atoms with Crippen molar-refractivity contribution in [2.75, 3.05) is 30.0 Å². The first-order chi connectivity index (χ1) is 16.4. The van der Waals surface area contributed by atoms with Gasteiger partial charge in [0.05, 0.1) is 17.2 Å². The quantitative estimate of drug-likeness (QED) is 0.303. The molecule has 0 bridgehead atoms. The molecule has 0 saturated carbocycles. The minimum atomic E-state index is -0.555. The maximum Gasteiger partial charge on any atom is 0.270 e. The first-order valence-corrected chi connectivity index (χ1v) is 10.7. The summed E-state index contributed by atoms with van der Waals surface area (Å²) in [7, 11) is 0. The average Bonchev–Trinajstić information content (AvgIpc) is 2.84. The van der Waals surface area contributed by atoms with Crippen molar-refractivity contribution < 1.29 is 24.0 Å². The minimum Gasteiger partial charge on any atom is -0.494 e. The monoisotopic (exact) mass is 461 g/mol. The predicted octanol–water partition coefficient (Wildman–Crippen LogP) is 4.35. The standard InChI is InChI=1S/C25H23N3O6/c1-17-6-9-21(10-7-17)33-13-3-12-27-22-11-8-19(15-23(22)34-16-24(27)29)26-25(30)18-4-2-5-20(14-18)28(31)32/h2,4-11,14-15H,3,12-13,16H2,1H3,(H,26,30). The van der Waals surface area contributed by atoms with Crippen LogP contribution in [0.2, 0.25) is 0 Å². The third-order valence-corrected chi connectivity index (χ3v) is 5.30. The second-order valence-electron chi connectivity index (χ2n) is 7.79. The number of aryl methyl sites for hydroxylation is 1. The lowest BCUT2D eigenvalue weighted by Crippen LogP contribution is -2.39. The number of nitro groups is 1. The van der Waals surface area contributed by atoms with Crippen molar-refractivity contribution in [2.24, 2.45) is 0 Å². The normalized spacial score (nSPS) is 12.5. The molecular weight excluding hydrogens is 438 g/mol. The SMILES string of the molecule is Cc1ccc(OCCCN2C(=O)COc3cc(NC(=O)c4cccc([N+](=O)[O-])c4)ccc32)cc1. The summed E-state index contributed by atoms with van der Waals surface area (Å²) < 4.78 is 11.3. The van der Waals surface area contributed by atoms with E-state index in [0.29, 0.717) is 36.7 Å². The second-order valence-corrected chi connectivity index (χ2v) is 7.79. The van der Waals surface area contributed by atoms with Gasteiger partial charge in [-0.05, 0) is 43.7 Å². The number of ether oxygens (including phenoxy) is 2. The average molecular weight is 461 g/mol. The van der Waals surface area contributed by atoms with E-state index in [0.717, 1.165) is 11.3 Å². The molecular formula is C25H23N3O6. The fourth-order valence-corrected chi connectivity index (χ4v) is 3.54. The highest BCUT2D eigenvalue weighted by atomic mass is 16.6. The zero-order chi connectivity index (χ0) is 24.1. The molecule has 1 aliphatic heterocycles. The molecule has 0 atom stereocenters. The van der Waals surface area contributed by atoms with E-state index >= 15 is 0 Å². The minimum absolute atomic E-state index is 0.103. The van der Waals surface area contributed by atoms with Crippen LogP contribution in [-0.2, 0) is 4.79 Å². The van der Waals surface area contributed by atoms with Crippen molar-refractivity contribution in [1.29, 1.82) is 0 Å². The first-order valence-electron chi connectivity index (χ1n) is 10.7. The number of nitro benzene ring substituents is 1. The molecule has 1 N–H and O–H groups in total. The van der Waals surface area contributed by atoms with E-state index in [1.54, 1.807) is 23.1 Å². The summed E-state index contributed by atoms with van der Waals surface area (Å²) in [5.74, 6) is 0.608. The van der Waals surface area contributed by atoms with Gasteiger partial charge in [-0.25, -0.2) is 0 Å². The van der Waals surface area contributed by atoms with E-state index in [9.17, 15) is 19.7 Å². The van der Waals surface area contributed by atoms with Gasteiger partial charge in [0.15, 0.2) is 6.61 Å². The molecule has 0 unspecified atom stereocenters. The van der Waals surface area contributed by atoms with E-state index in [1.165, 1.54) is 24.3 Å². The van der Waals surface area contributed by atoms with Gasteiger partial charge in [0, 0.05) is 36.0 Å². The summed E-state index contributed by atoms with van der Waals surface area (Å²) in [5.41, 5.74) is 2.22. The van der Waals surface area contributed by atoms with Crippen molar-refractivity contribution >= 4 is 28.9 Å². The van der Waals surface area contributed by atoms with Gasteiger partial charge in [0.25, 0.3) is 17.5 Å². The summed E-state index contributed by atoms with van der Waals surface area (Å²) in [4.78, 5) is 37.0. The lowest BCUT2D eigenvalue weighted by atomic mass is 10.1. The van der Waals surface area contributed by atoms with Crippen LogP contribution in [-0.4, -0.2) is 36.5 Å². The highest BCUT2D eigenvalue weighted by Gasteiger charge is 2.25. The van der Waals surface area contributed by atoms with E-state index in [2.05, 4.69) is 5.32 Å². The maximum absolute atomic E-state index is 12.5. The fraction of sp³-hybridized carbons (Fsp3) is 0.200. The molecule has 0 aromatic heterocycles. The van der Waals surface area contributed by atoms with Crippen molar-refractivity contribution in [2.45, 2.75) is 13.3 Å². The lowest BCUT2D eigenvalue weighted by Gasteiger charge is -2.29. The smallest absolute Gasteiger partial charge is 0.270 e. The number of fused-ring (bicyclic) bond motifs is 1. The van der Waals surface area contributed by atoms with Gasteiger partial charge < -0.3 is 19.7 Å². The largest absolute Gasteiger partial charge is 0.494 e. The number of non-ortho nitro benzene ring substituents is 1. The molecule has 0 spiro atoms. The van der Waals surface area contributed by atoms with Crippen LogP contribution >= 0.6 is 0 Å². The lowest BCUT2D eigenvalue weighted by molar-refractivity contribution is -0.384. The molecule has 0 fully saturated rings. The Morgan fingerprint density at radius 3 is 2.71 bits per heavy atom. The summed E-state index contributed by atoms with van der Waals surface area (Å²) >= 11 is 0. The van der Waals surface area contributed by atoms with Crippen LogP contribution in [0.1, 0.15) is 22.3 Å². The number of hydrogen-bond donors (Lipinski definition) is 1. The Hall–Kier alpha value is -4.40. The highest BCUT2D eigenvalue weighted by molar-refractivity contribution is 6.05. The zero-order valence-corrected chi connectivity index (χ0v) is 18.5. The number of carbonyl (C=O) groups excluding carboxylic acids is 2. The third-order valence-electron chi connectivity index (χ3n) is 5.30.